The van der Waals surface area contributed by atoms with Crippen LogP contribution in [0, 0.1) is 0 Å². The SMILES string of the molecule is COC(=O)Cc1ccccc1CCC(SCCC(=O)N(C)C)c1cccc(OCc2ccc3ccc(Cl)cc3n2)c1. The molecule has 1 amide bonds. The maximum atomic E-state index is 12.2. The molecule has 0 N–H and O–H groups in total. The molecular formula is C33H35ClN2O4S. The number of thioether (sulfide) groups is 1. The Kier molecular flexibility index (Phi) is 11.0. The predicted octanol–water partition coefficient (Wildman–Crippen LogP) is 7.07. The van der Waals surface area contributed by atoms with E-state index in [0.29, 0.717) is 23.8 Å². The molecule has 0 radical (unpaired) electrons. The van der Waals surface area contributed by atoms with Gasteiger partial charge in [0.25, 0.3) is 0 Å². The van der Waals surface area contributed by atoms with E-state index in [-0.39, 0.29) is 23.5 Å². The number of pyridine rings is 1. The Morgan fingerprint density at radius 3 is 2.54 bits per heavy atom. The van der Waals surface area contributed by atoms with Crippen molar-refractivity contribution in [1.29, 1.82) is 0 Å². The monoisotopic (exact) mass is 590 g/mol. The standard InChI is InChI=1S/C33H35ClN2O4S/c1-36(2)32(37)17-18-41-31(16-13-23-7-4-5-8-25(23)20-33(38)39-3)26-9-6-10-29(19-26)40-22-28-15-12-24-11-14-27(34)21-30(24)35-28/h4-12,14-15,19,21,31H,13,16-18,20,22H2,1-3H3. The number of nitrogens with zero attached hydrogens (tertiary/aromatic N) is 2. The molecule has 0 bridgehead atoms. The molecule has 41 heavy (non-hydrogen) atoms. The number of hydrogen-bond acceptors (Lipinski definition) is 6. The highest BCUT2D eigenvalue weighted by Crippen LogP contribution is 2.36. The zero-order valence-electron chi connectivity index (χ0n) is 23.6. The summed E-state index contributed by atoms with van der Waals surface area (Å²) in [7, 11) is 4.97. The van der Waals surface area contributed by atoms with Gasteiger partial charge in [-0.15, -0.1) is 0 Å². The summed E-state index contributed by atoms with van der Waals surface area (Å²) >= 11 is 7.92. The molecule has 0 aliphatic heterocycles. The molecule has 1 unspecified atom stereocenters. The number of carbonyl (C=O) groups excluding carboxylic acids is 2. The minimum Gasteiger partial charge on any atom is -0.487 e. The Morgan fingerprint density at radius 1 is 0.976 bits per heavy atom. The molecular weight excluding hydrogens is 556 g/mol. The summed E-state index contributed by atoms with van der Waals surface area (Å²) in [5.74, 6) is 1.33. The Balaban J connectivity index is 1.48. The lowest BCUT2D eigenvalue weighted by Crippen LogP contribution is -2.22. The van der Waals surface area contributed by atoms with E-state index in [1.54, 1.807) is 30.8 Å². The number of aromatic nitrogens is 1. The summed E-state index contributed by atoms with van der Waals surface area (Å²) < 4.78 is 11.0. The van der Waals surface area contributed by atoms with Crippen molar-refractivity contribution >= 4 is 46.1 Å². The van der Waals surface area contributed by atoms with Gasteiger partial charge in [0.05, 0.1) is 24.7 Å². The van der Waals surface area contributed by atoms with Gasteiger partial charge in [-0.25, -0.2) is 4.98 Å². The van der Waals surface area contributed by atoms with Gasteiger partial charge >= 0.3 is 5.97 Å². The highest BCUT2D eigenvalue weighted by atomic mass is 35.5. The Hall–Kier alpha value is -3.55. The second-order valence-electron chi connectivity index (χ2n) is 9.96. The highest BCUT2D eigenvalue weighted by molar-refractivity contribution is 7.99. The molecule has 1 atom stereocenters. The van der Waals surface area contributed by atoms with Gasteiger partial charge in [0.15, 0.2) is 0 Å². The first-order chi connectivity index (χ1) is 19.8. The van der Waals surface area contributed by atoms with Crippen LogP contribution in [0.15, 0.2) is 78.9 Å². The first kappa shape index (κ1) is 30.4. The molecule has 1 heterocycles. The van der Waals surface area contributed by atoms with Crippen molar-refractivity contribution in [2.75, 3.05) is 27.0 Å². The summed E-state index contributed by atoms with van der Waals surface area (Å²) in [5.41, 5.74) is 4.90. The lowest BCUT2D eigenvalue weighted by molar-refractivity contribution is -0.139. The number of methoxy groups -OCH3 is 1. The summed E-state index contributed by atoms with van der Waals surface area (Å²) in [4.78, 5) is 30.5. The second-order valence-corrected chi connectivity index (χ2v) is 11.7. The van der Waals surface area contributed by atoms with Crippen LogP contribution in [-0.4, -0.2) is 48.7 Å². The average Bonchev–Trinajstić information content (AvgIpc) is 2.98. The van der Waals surface area contributed by atoms with E-state index in [1.807, 2.05) is 60.7 Å². The van der Waals surface area contributed by atoms with Gasteiger partial charge in [0.1, 0.15) is 12.4 Å². The first-order valence-corrected chi connectivity index (χ1v) is 15.0. The maximum Gasteiger partial charge on any atom is 0.309 e. The lowest BCUT2D eigenvalue weighted by atomic mass is 9.98. The van der Waals surface area contributed by atoms with E-state index in [0.717, 1.165) is 51.9 Å². The fourth-order valence-corrected chi connectivity index (χ4v) is 5.89. The fourth-order valence-electron chi connectivity index (χ4n) is 4.52. The number of fused-ring (bicyclic) bond motifs is 1. The third kappa shape index (κ3) is 8.97. The van der Waals surface area contributed by atoms with Crippen LogP contribution in [-0.2, 0) is 33.8 Å². The summed E-state index contributed by atoms with van der Waals surface area (Å²) in [6.45, 7) is 0.335. The van der Waals surface area contributed by atoms with Crippen molar-refractivity contribution in [2.45, 2.75) is 37.5 Å². The van der Waals surface area contributed by atoms with Crippen LogP contribution in [0.3, 0.4) is 0 Å². The molecule has 0 spiro atoms. The van der Waals surface area contributed by atoms with Crippen LogP contribution in [0.5, 0.6) is 5.75 Å². The average molecular weight is 591 g/mol. The summed E-state index contributed by atoms with van der Waals surface area (Å²) in [6.07, 6.45) is 2.36. The lowest BCUT2D eigenvalue weighted by Gasteiger charge is -2.20. The summed E-state index contributed by atoms with van der Waals surface area (Å²) in [6, 6.07) is 25.8. The van der Waals surface area contributed by atoms with E-state index >= 15 is 0 Å². The molecule has 1 aromatic heterocycles. The van der Waals surface area contributed by atoms with Gasteiger partial charge in [-0.05, 0) is 59.9 Å². The molecule has 0 saturated heterocycles. The highest BCUT2D eigenvalue weighted by Gasteiger charge is 2.17. The van der Waals surface area contributed by atoms with E-state index < -0.39 is 0 Å². The zero-order valence-corrected chi connectivity index (χ0v) is 25.2. The molecule has 0 fully saturated rings. The number of halogens is 1. The summed E-state index contributed by atoms with van der Waals surface area (Å²) in [5, 5.41) is 1.82. The fraction of sp³-hybridized carbons (Fsp3) is 0.303. The molecule has 0 aliphatic rings. The Labute approximate surface area is 251 Å². The number of rotatable bonds is 13. The molecule has 4 aromatic rings. The van der Waals surface area contributed by atoms with Gasteiger partial charge in [-0.1, -0.05) is 60.1 Å². The molecule has 214 valence electrons. The molecule has 8 heteroatoms. The number of esters is 1. The largest absolute Gasteiger partial charge is 0.487 e. The first-order valence-electron chi connectivity index (χ1n) is 13.6. The number of ether oxygens (including phenoxy) is 2. The zero-order chi connectivity index (χ0) is 29.2. The number of amides is 1. The van der Waals surface area contributed by atoms with Gasteiger partial charge in [0, 0.05) is 41.9 Å². The maximum absolute atomic E-state index is 12.2. The van der Waals surface area contributed by atoms with E-state index in [2.05, 4.69) is 18.2 Å². The van der Waals surface area contributed by atoms with Crippen molar-refractivity contribution in [3.8, 4) is 5.75 Å². The van der Waals surface area contributed by atoms with Gasteiger partial charge < -0.3 is 14.4 Å². The van der Waals surface area contributed by atoms with Crippen LogP contribution >= 0.6 is 23.4 Å². The quantitative estimate of drug-likeness (QED) is 0.155. The van der Waals surface area contributed by atoms with Crippen molar-refractivity contribution in [2.24, 2.45) is 0 Å². The van der Waals surface area contributed by atoms with Crippen LogP contribution in [0.2, 0.25) is 5.02 Å². The predicted molar refractivity (Wildman–Crippen MR) is 167 cm³/mol. The van der Waals surface area contributed by atoms with Crippen LogP contribution in [0.1, 0.15) is 40.5 Å². The number of hydrogen-bond donors (Lipinski definition) is 0. The third-order valence-corrected chi connectivity index (χ3v) is 8.40. The Morgan fingerprint density at radius 2 is 1.76 bits per heavy atom. The molecule has 4 rings (SSSR count). The van der Waals surface area contributed by atoms with E-state index in [9.17, 15) is 9.59 Å². The third-order valence-electron chi connectivity index (χ3n) is 6.82. The number of aryl methyl sites for hydroxylation is 1. The van der Waals surface area contributed by atoms with Crippen molar-refractivity contribution < 1.29 is 19.1 Å². The molecule has 3 aromatic carbocycles. The van der Waals surface area contributed by atoms with Crippen molar-refractivity contribution in [1.82, 2.24) is 9.88 Å². The van der Waals surface area contributed by atoms with Gasteiger partial charge in [0.2, 0.25) is 5.91 Å². The van der Waals surface area contributed by atoms with Crippen LogP contribution in [0.25, 0.3) is 10.9 Å². The number of benzene rings is 3. The minimum absolute atomic E-state index is 0.112. The topological polar surface area (TPSA) is 68.7 Å². The van der Waals surface area contributed by atoms with Gasteiger partial charge in [-0.2, -0.15) is 11.8 Å². The van der Waals surface area contributed by atoms with E-state index in [1.165, 1.54) is 7.11 Å². The Bertz CT molecular complexity index is 1490. The molecule has 6 nitrogen and oxygen atoms in total. The van der Waals surface area contributed by atoms with Crippen LogP contribution < -0.4 is 4.74 Å². The second kappa shape index (κ2) is 14.9. The number of carbonyl (C=O) groups is 2. The molecule has 0 saturated carbocycles. The van der Waals surface area contributed by atoms with Gasteiger partial charge in [-0.3, -0.25) is 9.59 Å². The van der Waals surface area contributed by atoms with Crippen LogP contribution in [0.4, 0.5) is 0 Å². The van der Waals surface area contributed by atoms with E-state index in [4.69, 9.17) is 26.1 Å². The van der Waals surface area contributed by atoms with Crippen molar-refractivity contribution in [3.63, 3.8) is 0 Å². The minimum atomic E-state index is -0.251. The molecule has 0 aliphatic carbocycles. The normalized spacial score (nSPS) is 11.7. The smallest absolute Gasteiger partial charge is 0.309 e. The van der Waals surface area contributed by atoms with Crippen molar-refractivity contribution in [3.05, 3.63) is 106 Å².